The fourth-order valence-corrected chi connectivity index (χ4v) is 1.68. The Kier molecular flexibility index (Phi) is 5.37. The molecule has 0 bridgehead atoms. The third-order valence-corrected chi connectivity index (χ3v) is 2.77. The summed E-state index contributed by atoms with van der Waals surface area (Å²) >= 11 is 0. The van der Waals surface area contributed by atoms with Crippen LogP contribution < -0.4 is 5.73 Å². The number of anilines is 1. The molecule has 0 unspecified atom stereocenters. The number of nitrogens with zero attached hydrogens (tertiary/aromatic N) is 1. The first-order valence-electron chi connectivity index (χ1n) is 6.41. The Morgan fingerprint density at radius 3 is 2.55 bits per heavy atom. The summed E-state index contributed by atoms with van der Waals surface area (Å²) in [6, 6.07) is 4.08. The van der Waals surface area contributed by atoms with E-state index >= 15 is 0 Å². The summed E-state index contributed by atoms with van der Waals surface area (Å²) < 4.78 is 4.85. The van der Waals surface area contributed by atoms with Crippen LogP contribution in [0, 0.1) is 0 Å². The normalized spacial score (nSPS) is 10.4. The van der Waals surface area contributed by atoms with Crippen molar-refractivity contribution < 1.29 is 19.4 Å². The minimum absolute atomic E-state index is 0.129. The van der Waals surface area contributed by atoms with Gasteiger partial charge in [0.2, 0.25) is 0 Å². The van der Waals surface area contributed by atoms with E-state index in [0.717, 1.165) is 0 Å². The molecule has 0 fully saturated rings. The maximum atomic E-state index is 12.4. The number of phenols is 1. The number of aromatic hydroxyl groups is 1. The first kappa shape index (κ1) is 15.8. The second-order valence-electron chi connectivity index (χ2n) is 4.61. The number of hydrogen-bond acceptors (Lipinski definition) is 5. The number of hydrogen-bond donors (Lipinski definition) is 2. The monoisotopic (exact) mass is 280 g/mol. The van der Waals surface area contributed by atoms with Gasteiger partial charge in [-0.3, -0.25) is 9.59 Å². The van der Waals surface area contributed by atoms with Crippen molar-refractivity contribution >= 4 is 17.6 Å². The van der Waals surface area contributed by atoms with Crippen LogP contribution in [0.3, 0.4) is 0 Å². The van der Waals surface area contributed by atoms with Crippen LogP contribution in [0.25, 0.3) is 0 Å². The maximum absolute atomic E-state index is 12.4. The molecule has 1 aromatic carbocycles. The van der Waals surface area contributed by atoms with Crippen molar-refractivity contribution in [2.45, 2.75) is 26.8 Å². The van der Waals surface area contributed by atoms with Crippen LogP contribution in [0.5, 0.6) is 5.75 Å². The number of esters is 1. The van der Waals surface area contributed by atoms with Crippen molar-refractivity contribution in [1.82, 2.24) is 4.90 Å². The first-order chi connectivity index (χ1) is 9.36. The molecule has 0 saturated heterocycles. The molecule has 1 aromatic rings. The summed E-state index contributed by atoms with van der Waals surface area (Å²) in [5.74, 6) is -0.978. The van der Waals surface area contributed by atoms with Gasteiger partial charge in [0.05, 0.1) is 12.3 Å². The van der Waals surface area contributed by atoms with Crippen LogP contribution in [0.2, 0.25) is 0 Å². The zero-order chi connectivity index (χ0) is 15.3. The summed E-state index contributed by atoms with van der Waals surface area (Å²) in [5.41, 5.74) is 5.97. The van der Waals surface area contributed by atoms with Gasteiger partial charge < -0.3 is 20.5 Å². The second kappa shape index (κ2) is 6.79. The fraction of sp³-hybridized carbons (Fsp3) is 0.429. The molecule has 0 saturated carbocycles. The minimum Gasteiger partial charge on any atom is -0.506 e. The summed E-state index contributed by atoms with van der Waals surface area (Å²) in [6.45, 7) is 5.44. The molecule has 6 heteroatoms. The maximum Gasteiger partial charge on any atom is 0.325 e. The molecule has 0 radical (unpaired) electrons. The summed E-state index contributed by atoms with van der Waals surface area (Å²) in [5, 5.41) is 9.55. The van der Waals surface area contributed by atoms with Gasteiger partial charge in [-0.2, -0.15) is 0 Å². The van der Waals surface area contributed by atoms with Gasteiger partial charge in [-0.15, -0.1) is 0 Å². The van der Waals surface area contributed by atoms with Gasteiger partial charge in [-0.1, -0.05) is 0 Å². The number of nitrogen functional groups attached to an aromatic ring is 1. The molecular weight excluding hydrogens is 260 g/mol. The first-order valence-corrected chi connectivity index (χ1v) is 6.41. The predicted molar refractivity (Wildman–Crippen MR) is 75.3 cm³/mol. The van der Waals surface area contributed by atoms with Crippen molar-refractivity contribution in [3.05, 3.63) is 23.8 Å². The van der Waals surface area contributed by atoms with Crippen molar-refractivity contribution in [2.75, 3.05) is 18.9 Å². The molecule has 20 heavy (non-hydrogen) atoms. The van der Waals surface area contributed by atoms with E-state index in [1.165, 1.54) is 23.1 Å². The average molecular weight is 280 g/mol. The minimum atomic E-state index is -0.464. The fourth-order valence-electron chi connectivity index (χ4n) is 1.68. The van der Waals surface area contributed by atoms with Crippen LogP contribution in [0.1, 0.15) is 31.1 Å². The average Bonchev–Trinajstić information content (AvgIpc) is 2.38. The van der Waals surface area contributed by atoms with E-state index < -0.39 is 5.97 Å². The zero-order valence-electron chi connectivity index (χ0n) is 11.9. The van der Waals surface area contributed by atoms with E-state index in [-0.39, 0.29) is 42.1 Å². The molecule has 0 atom stereocenters. The van der Waals surface area contributed by atoms with E-state index in [4.69, 9.17) is 10.5 Å². The van der Waals surface area contributed by atoms with Crippen molar-refractivity contribution in [1.29, 1.82) is 0 Å². The highest BCUT2D eigenvalue weighted by Crippen LogP contribution is 2.22. The predicted octanol–water partition coefficient (Wildman–Crippen LogP) is 1.39. The third-order valence-electron chi connectivity index (χ3n) is 2.77. The Bertz CT molecular complexity index is 500. The molecule has 0 aliphatic rings. The summed E-state index contributed by atoms with van der Waals surface area (Å²) in [7, 11) is 0. The molecule has 110 valence electrons. The second-order valence-corrected chi connectivity index (χ2v) is 4.61. The van der Waals surface area contributed by atoms with Gasteiger partial charge in [0, 0.05) is 11.6 Å². The van der Waals surface area contributed by atoms with Crippen LogP contribution in [-0.4, -0.2) is 41.1 Å². The molecule has 0 spiro atoms. The molecule has 0 heterocycles. The van der Waals surface area contributed by atoms with Crippen molar-refractivity contribution in [2.24, 2.45) is 0 Å². The molecule has 1 amide bonds. The zero-order valence-corrected chi connectivity index (χ0v) is 11.9. The highest BCUT2D eigenvalue weighted by atomic mass is 16.5. The van der Waals surface area contributed by atoms with Gasteiger partial charge in [-0.25, -0.2) is 0 Å². The topological polar surface area (TPSA) is 92.9 Å². The number of carbonyl (C=O) groups excluding carboxylic acids is 2. The van der Waals surface area contributed by atoms with E-state index in [9.17, 15) is 14.7 Å². The van der Waals surface area contributed by atoms with Crippen molar-refractivity contribution in [3.8, 4) is 5.75 Å². The Hall–Kier alpha value is -2.24. The number of phenolic OH excluding ortho intramolecular Hbond substituents is 1. The van der Waals surface area contributed by atoms with E-state index in [0.29, 0.717) is 0 Å². The number of benzene rings is 1. The standard InChI is InChI=1S/C14H20N2O4/c1-4-20-13(18)8-16(9(2)3)14(19)10-5-6-11(15)12(17)7-10/h5-7,9,17H,4,8,15H2,1-3H3. The lowest BCUT2D eigenvalue weighted by Crippen LogP contribution is -2.41. The Balaban J connectivity index is 2.93. The van der Waals surface area contributed by atoms with Gasteiger partial charge >= 0.3 is 5.97 Å². The number of nitrogens with two attached hydrogens (primary N) is 1. The van der Waals surface area contributed by atoms with Gasteiger partial charge in [0.25, 0.3) is 5.91 Å². The van der Waals surface area contributed by atoms with E-state index in [2.05, 4.69) is 0 Å². The van der Waals surface area contributed by atoms with Crippen LogP contribution in [-0.2, 0) is 9.53 Å². The summed E-state index contributed by atoms with van der Waals surface area (Å²) in [4.78, 5) is 25.3. The number of ether oxygens (including phenoxy) is 1. The summed E-state index contributed by atoms with van der Waals surface area (Å²) in [6.07, 6.45) is 0. The van der Waals surface area contributed by atoms with E-state index in [1.807, 2.05) is 0 Å². The van der Waals surface area contributed by atoms with Gasteiger partial charge in [0.1, 0.15) is 12.3 Å². The largest absolute Gasteiger partial charge is 0.506 e. The lowest BCUT2D eigenvalue weighted by molar-refractivity contribution is -0.144. The lowest BCUT2D eigenvalue weighted by Gasteiger charge is -2.25. The number of rotatable bonds is 5. The van der Waals surface area contributed by atoms with Crippen LogP contribution >= 0.6 is 0 Å². The molecule has 1 rings (SSSR count). The molecular formula is C14H20N2O4. The SMILES string of the molecule is CCOC(=O)CN(C(=O)c1ccc(N)c(O)c1)C(C)C. The Morgan fingerprint density at radius 2 is 2.05 bits per heavy atom. The molecule has 0 aliphatic carbocycles. The van der Waals surface area contributed by atoms with Gasteiger partial charge in [0.15, 0.2) is 0 Å². The molecule has 3 N–H and O–H groups in total. The van der Waals surface area contributed by atoms with Crippen molar-refractivity contribution in [3.63, 3.8) is 0 Å². The lowest BCUT2D eigenvalue weighted by atomic mass is 10.1. The highest BCUT2D eigenvalue weighted by Gasteiger charge is 2.22. The Labute approximate surface area is 118 Å². The third kappa shape index (κ3) is 3.88. The van der Waals surface area contributed by atoms with Gasteiger partial charge in [-0.05, 0) is 39.0 Å². The smallest absolute Gasteiger partial charge is 0.325 e. The molecule has 6 nitrogen and oxygen atoms in total. The number of carbonyl (C=O) groups is 2. The molecule has 0 aliphatic heterocycles. The molecule has 0 aromatic heterocycles. The highest BCUT2D eigenvalue weighted by molar-refractivity contribution is 5.97. The van der Waals surface area contributed by atoms with E-state index in [1.54, 1.807) is 20.8 Å². The Morgan fingerprint density at radius 1 is 1.40 bits per heavy atom. The van der Waals surface area contributed by atoms with Crippen LogP contribution in [0.15, 0.2) is 18.2 Å². The van der Waals surface area contributed by atoms with Crippen LogP contribution in [0.4, 0.5) is 5.69 Å². The quantitative estimate of drug-likeness (QED) is 0.483. The number of amides is 1.